The van der Waals surface area contributed by atoms with E-state index in [0.29, 0.717) is 16.0 Å². The van der Waals surface area contributed by atoms with Crippen LogP contribution in [0.1, 0.15) is 0 Å². The summed E-state index contributed by atoms with van der Waals surface area (Å²) in [4.78, 5) is 24.1. The van der Waals surface area contributed by atoms with Gasteiger partial charge in [0.15, 0.2) is 18.3 Å². The molecule has 0 saturated carbocycles. The van der Waals surface area contributed by atoms with E-state index in [-0.39, 0.29) is 18.3 Å². The number of amides is 2. The minimum Gasteiger partial charge on any atom is -0.483 e. The number of carbonyl (C=O) groups excluding carboxylic acids is 2. The van der Waals surface area contributed by atoms with Gasteiger partial charge in [0.1, 0.15) is 11.5 Å². The molecule has 3 N–H and O–H groups in total. The van der Waals surface area contributed by atoms with Crippen LogP contribution in [0, 0.1) is 0 Å². The van der Waals surface area contributed by atoms with Crippen molar-refractivity contribution in [1.82, 2.24) is 16.2 Å². The number of ether oxygens (including phenoxy) is 2. The van der Waals surface area contributed by atoms with Gasteiger partial charge in [-0.05, 0) is 91.2 Å². The highest BCUT2D eigenvalue weighted by Crippen LogP contribution is 2.34. The molecule has 0 radical (unpaired) electrons. The van der Waals surface area contributed by atoms with Crippen molar-refractivity contribution in [2.24, 2.45) is 0 Å². The number of carbonyl (C=O) groups is 2. The molecule has 0 aromatic heterocycles. The highest BCUT2D eigenvalue weighted by molar-refractivity contribution is 9.11. The molecular formula is C21H15Br4N3O4S. The Bertz CT molecular complexity index is 1230. The number of hydrazine groups is 1. The average molecular weight is 725 g/mol. The maximum atomic E-state index is 12.1. The number of benzene rings is 3. The number of fused-ring (bicyclic) bond motifs is 1. The summed E-state index contributed by atoms with van der Waals surface area (Å²) in [5.41, 5.74) is 4.82. The predicted octanol–water partition coefficient (Wildman–Crippen LogP) is 5.37. The fourth-order valence-corrected chi connectivity index (χ4v) is 4.90. The standard InChI is InChI=1S/C21H15Br4N3O4S/c22-12-2-4-14-11(7-12)1-5-17(20(14)25)32-10-19(30)27-28-21(33)26-18(29)9-31-16-6-3-13(23)8-15(16)24/h1-8H,9-10H2,(H,27,30)(H2,26,28,29,33). The summed E-state index contributed by atoms with van der Waals surface area (Å²) < 4.78 is 14.3. The first-order valence-electron chi connectivity index (χ1n) is 9.20. The SMILES string of the molecule is O=C(COc1ccc2cc(Br)ccc2c1Br)NNC(=S)NC(=O)COc1ccc(Br)cc1Br. The van der Waals surface area contributed by atoms with E-state index in [0.717, 1.165) is 24.2 Å². The first kappa shape index (κ1) is 25.9. The number of rotatable bonds is 6. The second kappa shape index (κ2) is 12.1. The van der Waals surface area contributed by atoms with E-state index in [2.05, 4.69) is 79.9 Å². The fourth-order valence-electron chi connectivity index (χ4n) is 2.59. The predicted molar refractivity (Wildman–Crippen MR) is 144 cm³/mol. The Kier molecular flexibility index (Phi) is 9.50. The van der Waals surface area contributed by atoms with Gasteiger partial charge in [-0.3, -0.25) is 25.8 Å². The summed E-state index contributed by atoms with van der Waals surface area (Å²) >= 11 is 18.6. The number of nitrogens with one attached hydrogen (secondary N) is 3. The molecule has 172 valence electrons. The van der Waals surface area contributed by atoms with Crippen LogP contribution in [0.15, 0.2) is 66.4 Å². The lowest BCUT2D eigenvalue weighted by Gasteiger charge is -2.13. The molecule has 0 heterocycles. The van der Waals surface area contributed by atoms with E-state index in [1.807, 2.05) is 24.3 Å². The molecule has 3 aromatic carbocycles. The number of halogens is 4. The second-order valence-electron chi connectivity index (χ2n) is 6.45. The molecule has 0 spiro atoms. The third kappa shape index (κ3) is 7.64. The highest BCUT2D eigenvalue weighted by Gasteiger charge is 2.11. The third-order valence-corrected chi connectivity index (χ3v) is 6.69. The molecule has 33 heavy (non-hydrogen) atoms. The molecule has 12 heteroatoms. The Morgan fingerprint density at radius 2 is 1.42 bits per heavy atom. The average Bonchev–Trinajstić information content (AvgIpc) is 2.76. The molecule has 0 fully saturated rings. The summed E-state index contributed by atoms with van der Waals surface area (Å²) in [5, 5.41) is 4.30. The van der Waals surface area contributed by atoms with Crippen LogP contribution >= 0.6 is 75.9 Å². The third-order valence-electron chi connectivity index (χ3n) is 4.06. The Morgan fingerprint density at radius 1 is 0.788 bits per heavy atom. The lowest BCUT2D eigenvalue weighted by Crippen LogP contribution is -2.50. The van der Waals surface area contributed by atoms with Crippen molar-refractivity contribution < 1.29 is 19.1 Å². The van der Waals surface area contributed by atoms with Crippen LogP contribution in [0.3, 0.4) is 0 Å². The van der Waals surface area contributed by atoms with Crippen molar-refractivity contribution in [3.05, 3.63) is 66.4 Å². The molecule has 7 nitrogen and oxygen atoms in total. The van der Waals surface area contributed by atoms with E-state index in [4.69, 9.17) is 21.7 Å². The van der Waals surface area contributed by atoms with Gasteiger partial charge in [0.25, 0.3) is 11.8 Å². The van der Waals surface area contributed by atoms with Crippen LogP contribution in [0.5, 0.6) is 11.5 Å². The van der Waals surface area contributed by atoms with E-state index in [1.165, 1.54) is 0 Å². The van der Waals surface area contributed by atoms with E-state index >= 15 is 0 Å². The van der Waals surface area contributed by atoms with E-state index in [9.17, 15) is 9.59 Å². The lowest BCUT2D eigenvalue weighted by molar-refractivity contribution is -0.124. The van der Waals surface area contributed by atoms with Gasteiger partial charge in [-0.25, -0.2) is 0 Å². The molecule has 0 aliphatic carbocycles. The Hall–Kier alpha value is -1.73. The maximum absolute atomic E-state index is 12.1. The topological polar surface area (TPSA) is 88.7 Å². The number of thiocarbonyl (C=S) groups is 1. The fraction of sp³-hybridized carbons (Fsp3) is 0.0952. The van der Waals surface area contributed by atoms with Crippen LogP contribution in [0.4, 0.5) is 0 Å². The summed E-state index contributed by atoms with van der Waals surface area (Å²) in [6.45, 7) is -0.517. The molecule has 0 saturated heterocycles. The number of hydrogen-bond donors (Lipinski definition) is 3. The van der Waals surface area contributed by atoms with Crippen LogP contribution in [0.2, 0.25) is 0 Å². The van der Waals surface area contributed by atoms with Gasteiger partial charge in [-0.1, -0.05) is 44.0 Å². The van der Waals surface area contributed by atoms with Crippen molar-refractivity contribution in [2.45, 2.75) is 0 Å². The van der Waals surface area contributed by atoms with Gasteiger partial charge in [0.05, 0.1) is 8.95 Å². The number of hydrogen-bond acceptors (Lipinski definition) is 5. The van der Waals surface area contributed by atoms with Crippen LogP contribution in [-0.4, -0.2) is 30.1 Å². The minimum absolute atomic E-state index is 0.0794. The molecule has 0 aliphatic heterocycles. The first-order chi connectivity index (χ1) is 15.7. The monoisotopic (exact) mass is 721 g/mol. The van der Waals surface area contributed by atoms with Gasteiger partial charge in [0.2, 0.25) is 0 Å². The van der Waals surface area contributed by atoms with Gasteiger partial charge in [-0.2, -0.15) is 0 Å². The van der Waals surface area contributed by atoms with Crippen molar-refractivity contribution in [2.75, 3.05) is 13.2 Å². The molecule has 0 bridgehead atoms. The minimum atomic E-state index is -0.487. The molecular weight excluding hydrogens is 710 g/mol. The van der Waals surface area contributed by atoms with Gasteiger partial charge >= 0.3 is 0 Å². The van der Waals surface area contributed by atoms with E-state index < -0.39 is 11.8 Å². The molecule has 2 amide bonds. The van der Waals surface area contributed by atoms with Gasteiger partial charge in [-0.15, -0.1) is 0 Å². The largest absolute Gasteiger partial charge is 0.483 e. The highest BCUT2D eigenvalue weighted by atomic mass is 79.9. The van der Waals surface area contributed by atoms with Crippen LogP contribution in [-0.2, 0) is 9.59 Å². The zero-order valence-corrected chi connectivity index (χ0v) is 23.7. The summed E-state index contributed by atoms with van der Waals surface area (Å²) in [6, 6.07) is 14.8. The molecule has 3 aromatic rings. The molecule has 3 rings (SSSR count). The summed E-state index contributed by atoms with van der Waals surface area (Å²) in [6.07, 6.45) is 0. The second-order valence-corrected chi connectivity index (χ2v) is 10.3. The zero-order chi connectivity index (χ0) is 24.0. The van der Waals surface area contributed by atoms with E-state index in [1.54, 1.807) is 24.3 Å². The van der Waals surface area contributed by atoms with Crippen molar-refractivity contribution in [3.8, 4) is 11.5 Å². The smallest absolute Gasteiger partial charge is 0.276 e. The normalized spacial score (nSPS) is 10.4. The van der Waals surface area contributed by atoms with Crippen molar-refractivity contribution in [3.63, 3.8) is 0 Å². The van der Waals surface area contributed by atoms with Crippen LogP contribution < -0.4 is 25.6 Å². The quantitative estimate of drug-likeness (QED) is 0.234. The molecule has 0 unspecified atom stereocenters. The Morgan fingerprint density at radius 3 is 2.18 bits per heavy atom. The summed E-state index contributed by atoms with van der Waals surface area (Å²) in [7, 11) is 0. The Balaban J connectivity index is 1.41. The van der Waals surface area contributed by atoms with Crippen molar-refractivity contribution in [1.29, 1.82) is 0 Å². The van der Waals surface area contributed by atoms with Gasteiger partial charge in [0, 0.05) is 8.95 Å². The van der Waals surface area contributed by atoms with Crippen LogP contribution in [0.25, 0.3) is 10.8 Å². The van der Waals surface area contributed by atoms with Crippen molar-refractivity contribution >= 4 is 104 Å². The zero-order valence-electron chi connectivity index (χ0n) is 16.6. The first-order valence-corrected chi connectivity index (χ1v) is 12.8. The van der Waals surface area contributed by atoms with Gasteiger partial charge < -0.3 is 9.47 Å². The Labute approximate surface area is 228 Å². The lowest BCUT2D eigenvalue weighted by atomic mass is 10.1. The molecule has 0 atom stereocenters. The maximum Gasteiger partial charge on any atom is 0.276 e. The summed E-state index contributed by atoms with van der Waals surface area (Å²) in [5.74, 6) is 0.0567. The molecule has 0 aliphatic rings.